The zero-order chi connectivity index (χ0) is 12.8. The van der Waals surface area contributed by atoms with Gasteiger partial charge in [-0.1, -0.05) is 17.9 Å². The van der Waals surface area contributed by atoms with Crippen LogP contribution in [0.4, 0.5) is 0 Å². The third-order valence-electron chi connectivity index (χ3n) is 2.86. The third-order valence-corrected chi connectivity index (χ3v) is 2.86. The maximum atomic E-state index is 11.1. The van der Waals surface area contributed by atoms with E-state index in [2.05, 4.69) is 29.3 Å². The molecule has 0 bridgehead atoms. The first-order chi connectivity index (χ1) is 8.79. The molecule has 0 amide bonds. The normalized spacial score (nSPS) is 13.2. The molecule has 0 aromatic heterocycles. The Morgan fingerprint density at radius 1 is 1.44 bits per heavy atom. The van der Waals surface area contributed by atoms with Crippen molar-refractivity contribution in [1.29, 1.82) is 0 Å². The third kappa shape index (κ3) is 3.35. The quantitative estimate of drug-likeness (QED) is 0.634. The summed E-state index contributed by atoms with van der Waals surface area (Å²) >= 11 is 0. The molecule has 94 valence electrons. The minimum Gasteiger partial charge on any atom is -0.465 e. The molecule has 0 aliphatic carbocycles. The van der Waals surface area contributed by atoms with Gasteiger partial charge in [0.25, 0.3) is 0 Å². The highest BCUT2D eigenvalue weighted by molar-refractivity contribution is 5.72. The van der Waals surface area contributed by atoms with Gasteiger partial charge in [-0.2, -0.15) is 0 Å². The number of fused-ring (bicyclic) bond motifs is 1. The average molecular weight is 243 g/mol. The summed E-state index contributed by atoms with van der Waals surface area (Å²) in [5, 5.41) is 3.34. The Kier molecular flexibility index (Phi) is 4.38. The van der Waals surface area contributed by atoms with Crippen molar-refractivity contribution in [2.24, 2.45) is 0 Å². The molecule has 0 fully saturated rings. The van der Waals surface area contributed by atoms with Gasteiger partial charge in [0.05, 0.1) is 6.61 Å². The zero-order valence-corrected chi connectivity index (χ0v) is 10.6. The van der Waals surface area contributed by atoms with Crippen molar-refractivity contribution in [2.45, 2.75) is 26.3 Å². The number of hydrogen-bond donors (Lipinski definition) is 1. The van der Waals surface area contributed by atoms with E-state index in [0.29, 0.717) is 6.61 Å². The second-order valence-corrected chi connectivity index (χ2v) is 4.19. The molecule has 1 aliphatic heterocycles. The van der Waals surface area contributed by atoms with Crippen LogP contribution in [-0.2, 0) is 22.5 Å². The van der Waals surface area contributed by atoms with Gasteiger partial charge >= 0.3 is 5.97 Å². The molecular weight excluding hydrogens is 226 g/mol. The Labute approximate surface area is 108 Å². The van der Waals surface area contributed by atoms with E-state index < -0.39 is 0 Å². The highest BCUT2D eigenvalue weighted by atomic mass is 16.5. The van der Waals surface area contributed by atoms with Crippen molar-refractivity contribution in [3.8, 4) is 11.8 Å². The van der Waals surface area contributed by atoms with Gasteiger partial charge in [0.1, 0.15) is 6.42 Å². The number of nitrogens with one attached hydrogen (secondary N) is 1. The lowest BCUT2D eigenvalue weighted by Gasteiger charge is -2.16. The Bertz CT molecular complexity index is 497. The fraction of sp³-hybridized carbons (Fsp3) is 0.400. The summed E-state index contributed by atoms with van der Waals surface area (Å²) in [6.45, 7) is 4.15. The van der Waals surface area contributed by atoms with E-state index >= 15 is 0 Å². The summed E-state index contributed by atoms with van der Waals surface area (Å²) in [6, 6.07) is 6.24. The summed E-state index contributed by atoms with van der Waals surface area (Å²) in [5.41, 5.74) is 3.66. The lowest BCUT2D eigenvalue weighted by atomic mass is 9.99. The van der Waals surface area contributed by atoms with Crippen LogP contribution in [0.2, 0.25) is 0 Å². The monoisotopic (exact) mass is 243 g/mol. The Morgan fingerprint density at radius 2 is 2.33 bits per heavy atom. The van der Waals surface area contributed by atoms with E-state index in [1.165, 1.54) is 11.1 Å². The second kappa shape index (κ2) is 6.23. The topological polar surface area (TPSA) is 38.3 Å². The number of ether oxygens (including phenoxy) is 1. The first kappa shape index (κ1) is 12.7. The highest BCUT2D eigenvalue weighted by Crippen LogP contribution is 2.15. The summed E-state index contributed by atoms with van der Waals surface area (Å²) in [4.78, 5) is 11.1. The van der Waals surface area contributed by atoms with Crippen LogP contribution in [0.15, 0.2) is 18.2 Å². The molecule has 0 radical (unpaired) electrons. The molecule has 1 aromatic carbocycles. The Hall–Kier alpha value is -1.79. The number of hydrogen-bond acceptors (Lipinski definition) is 3. The first-order valence-electron chi connectivity index (χ1n) is 6.26. The number of rotatable bonds is 2. The van der Waals surface area contributed by atoms with Crippen molar-refractivity contribution in [2.75, 3.05) is 13.2 Å². The number of benzene rings is 1. The molecule has 1 heterocycles. The lowest BCUT2D eigenvalue weighted by Crippen LogP contribution is -2.23. The van der Waals surface area contributed by atoms with E-state index in [-0.39, 0.29) is 12.4 Å². The Morgan fingerprint density at radius 3 is 3.17 bits per heavy atom. The molecular formula is C15H17NO2. The molecule has 0 saturated heterocycles. The summed E-state index contributed by atoms with van der Waals surface area (Å²) in [6.07, 6.45) is 1.23. The van der Waals surface area contributed by atoms with E-state index in [9.17, 15) is 4.79 Å². The van der Waals surface area contributed by atoms with Gasteiger partial charge in [0, 0.05) is 12.1 Å². The molecule has 0 saturated carbocycles. The van der Waals surface area contributed by atoms with Crippen molar-refractivity contribution < 1.29 is 9.53 Å². The zero-order valence-electron chi connectivity index (χ0n) is 10.6. The largest absolute Gasteiger partial charge is 0.465 e. The van der Waals surface area contributed by atoms with Crippen LogP contribution in [0.5, 0.6) is 0 Å². The smallest absolute Gasteiger partial charge is 0.317 e. The van der Waals surface area contributed by atoms with Crippen LogP contribution in [0.25, 0.3) is 0 Å². The maximum Gasteiger partial charge on any atom is 0.317 e. The molecule has 18 heavy (non-hydrogen) atoms. The second-order valence-electron chi connectivity index (χ2n) is 4.19. The average Bonchev–Trinajstić information content (AvgIpc) is 2.39. The molecule has 1 aliphatic rings. The highest BCUT2D eigenvalue weighted by Gasteiger charge is 2.07. The molecule has 0 atom stereocenters. The van der Waals surface area contributed by atoms with E-state index in [1.54, 1.807) is 6.92 Å². The lowest BCUT2D eigenvalue weighted by molar-refractivity contribution is -0.141. The Balaban J connectivity index is 2.02. The van der Waals surface area contributed by atoms with Crippen LogP contribution in [0.3, 0.4) is 0 Å². The van der Waals surface area contributed by atoms with Gasteiger partial charge in [-0.15, -0.1) is 0 Å². The van der Waals surface area contributed by atoms with Crippen molar-refractivity contribution in [3.63, 3.8) is 0 Å². The van der Waals surface area contributed by atoms with Gasteiger partial charge in [-0.25, -0.2) is 0 Å². The van der Waals surface area contributed by atoms with Crippen LogP contribution in [-0.4, -0.2) is 19.1 Å². The molecule has 3 heteroatoms. The van der Waals surface area contributed by atoms with Gasteiger partial charge in [0.2, 0.25) is 0 Å². The fourth-order valence-corrected chi connectivity index (χ4v) is 1.99. The molecule has 3 nitrogen and oxygen atoms in total. The summed E-state index contributed by atoms with van der Waals surface area (Å²) in [7, 11) is 0. The summed E-state index contributed by atoms with van der Waals surface area (Å²) in [5.74, 6) is 5.59. The molecule has 1 N–H and O–H groups in total. The van der Waals surface area contributed by atoms with Crippen molar-refractivity contribution >= 4 is 5.97 Å². The van der Waals surface area contributed by atoms with Crippen molar-refractivity contribution in [1.82, 2.24) is 5.32 Å². The van der Waals surface area contributed by atoms with Crippen LogP contribution < -0.4 is 5.32 Å². The van der Waals surface area contributed by atoms with Crippen LogP contribution in [0, 0.1) is 11.8 Å². The number of esters is 1. The van der Waals surface area contributed by atoms with Crippen molar-refractivity contribution in [3.05, 3.63) is 34.9 Å². The van der Waals surface area contributed by atoms with Gasteiger partial charge in [-0.05, 0) is 43.1 Å². The van der Waals surface area contributed by atoms with Gasteiger partial charge in [0.15, 0.2) is 0 Å². The predicted molar refractivity (Wildman–Crippen MR) is 70.0 cm³/mol. The SMILES string of the molecule is CCOC(=O)CC#Cc1ccc2c(c1)CNCC2. The molecule has 0 spiro atoms. The minimum absolute atomic E-state index is 0.156. The molecule has 0 unspecified atom stereocenters. The molecule has 1 aromatic rings. The summed E-state index contributed by atoms with van der Waals surface area (Å²) < 4.78 is 4.82. The van der Waals surface area contributed by atoms with Gasteiger partial charge < -0.3 is 10.1 Å². The van der Waals surface area contributed by atoms with E-state index in [4.69, 9.17) is 4.74 Å². The van der Waals surface area contributed by atoms with Crippen LogP contribution in [0.1, 0.15) is 30.0 Å². The maximum absolute atomic E-state index is 11.1. The van der Waals surface area contributed by atoms with E-state index in [1.807, 2.05) is 6.07 Å². The van der Waals surface area contributed by atoms with Gasteiger partial charge in [-0.3, -0.25) is 4.79 Å². The minimum atomic E-state index is -0.260. The standard InChI is InChI=1S/C15H17NO2/c1-2-18-15(17)5-3-4-12-6-7-13-8-9-16-11-14(13)10-12/h6-7,10,16H,2,5,8-9,11H2,1H3. The predicted octanol–water partition coefficient (Wildman–Crippen LogP) is 1.64. The number of carbonyl (C=O) groups excluding carboxylic acids is 1. The first-order valence-corrected chi connectivity index (χ1v) is 6.26. The van der Waals surface area contributed by atoms with Crippen LogP contribution >= 0.6 is 0 Å². The molecule has 2 rings (SSSR count). The fourth-order valence-electron chi connectivity index (χ4n) is 1.99. The van der Waals surface area contributed by atoms with E-state index in [0.717, 1.165) is 25.1 Å². The number of carbonyl (C=O) groups is 1.